The second-order valence-electron chi connectivity index (χ2n) is 4.66. The van der Waals surface area contributed by atoms with Crippen LogP contribution in [0.5, 0.6) is 5.75 Å². The van der Waals surface area contributed by atoms with Crippen molar-refractivity contribution in [1.82, 2.24) is 4.90 Å². The van der Waals surface area contributed by atoms with E-state index in [1.54, 1.807) is 24.0 Å². The van der Waals surface area contributed by atoms with E-state index in [-0.39, 0.29) is 12.0 Å². The maximum Gasteiger partial charge on any atom is 0.263 e. The minimum atomic E-state index is -0.551. The summed E-state index contributed by atoms with van der Waals surface area (Å²) < 4.78 is 11.1. The lowest BCUT2D eigenvalue weighted by molar-refractivity contribution is -0.144. The zero-order chi connectivity index (χ0) is 13.8. The van der Waals surface area contributed by atoms with Crippen LogP contribution >= 0.6 is 11.6 Å². The first-order valence-electron chi connectivity index (χ1n) is 6.39. The average Bonchev–Trinajstić information content (AvgIpc) is 2.40. The molecule has 19 heavy (non-hydrogen) atoms. The number of halogens is 1. The number of rotatable bonds is 3. The summed E-state index contributed by atoms with van der Waals surface area (Å²) in [6.07, 6.45) is -0.476. The molecule has 5 heteroatoms. The highest BCUT2D eigenvalue weighted by molar-refractivity contribution is 6.32. The molecule has 0 saturated carbocycles. The predicted molar refractivity (Wildman–Crippen MR) is 73.5 cm³/mol. The first-order valence-corrected chi connectivity index (χ1v) is 6.77. The van der Waals surface area contributed by atoms with E-state index >= 15 is 0 Å². The van der Waals surface area contributed by atoms with Crippen LogP contribution in [0.4, 0.5) is 0 Å². The molecule has 1 heterocycles. The fourth-order valence-corrected chi connectivity index (χ4v) is 2.24. The van der Waals surface area contributed by atoms with Crippen LogP contribution in [-0.2, 0) is 9.53 Å². The number of carbonyl (C=O) groups excluding carboxylic acids is 1. The SMILES string of the molecule is CC1CN(C(=O)C(C)Oc2ccccc2Cl)CCO1. The number of ether oxygens (including phenoxy) is 2. The number of nitrogens with zero attached hydrogens (tertiary/aromatic N) is 1. The van der Waals surface area contributed by atoms with Crippen molar-refractivity contribution in [3.63, 3.8) is 0 Å². The van der Waals surface area contributed by atoms with Gasteiger partial charge in [0, 0.05) is 13.1 Å². The summed E-state index contributed by atoms with van der Waals surface area (Å²) in [6.45, 7) is 5.49. The Labute approximate surface area is 118 Å². The highest BCUT2D eigenvalue weighted by Gasteiger charge is 2.26. The number of hydrogen-bond donors (Lipinski definition) is 0. The summed E-state index contributed by atoms with van der Waals surface area (Å²) in [5.74, 6) is 0.501. The standard InChI is InChI=1S/C14H18ClNO3/c1-10-9-16(7-8-18-10)14(17)11(2)19-13-6-4-3-5-12(13)15/h3-6,10-11H,7-9H2,1-2H3. The zero-order valence-electron chi connectivity index (χ0n) is 11.1. The maximum absolute atomic E-state index is 12.3. The fraction of sp³-hybridized carbons (Fsp3) is 0.500. The second kappa shape index (κ2) is 6.26. The Hall–Kier alpha value is -1.26. The third-order valence-electron chi connectivity index (χ3n) is 3.04. The molecule has 1 amide bonds. The molecule has 2 unspecified atom stereocenters. The Kier molecular flexibility index (Phi) is 4.66. The summed E-state index contributed by atoms with van der Waals surface area (Å²) in [4.78, 5) is 14.0. The lowest BCUT2D eigenvalue weighted by Gasteiger charge is -2.32. The molecule has 2 atom stereocenters. The molecule has 1 aliphatic heterocycles. The topological polar surface area (TPSA) is 38.8 Å². The number of benzene rings is 1. The lowest BCUT2D eigenvalue weighted by Crippen LogP contribution is -2.49. The van der Waals surface area contributed by atoms with Gasteiger partial charge in [0.05, 0.1) is 17.7 Å². The summed E-state index contributed by atoms with van der Waals surface area (Å²) in [6, 6.07) is 7.15. The largest absolute Gasteiger partial charge is 0.479 e. The lowest BCUT2D eigenvalue weighted by atomic mass is 10.2. The number of amides is 1. The number of hydrogen-bond acceptors (Lipinski definition) is 3. The summed E-state index contributed by atoms with van der Waals surface area (Å²) in [5, 5.41) is 0.512. The summed E-state index contributed by atoms with van der Waals surface area (Å²) in [5.41, 5.74) is 0. The van der Waals surface area contributed by atoms with E-state index in [1.807, 2.05) is 19.1 Å². The number of para-hydroxylation sites is 1. The van der Waals surface area contributed by atoms with Crippen LogP contribution in [0, 0.1) is 0 Å². The van der Waals surface area contributed by atoms with Gasteiger partial charge in [0.25, 0.3) is 5.91 Å². The van der Waals surface area contributed by atoms with Crippen molar-refractivity contribution < 1.29 is 14.3 Å². The molecule has 1 aromatic carbocycles. The van der Waals surface area contributed by atoms with Crippen molar-refractivity contribution in [1.29, 1.82) is 0 Å². The van der Waals surface area contributed by atoms with Gasteiger partial charge in [-0.05, 0) is 26.0 Å². The van der Waals surface area contributed by atoms with E-state index in [9.17, 15) is 4.79 Å². The van der Waals surface area contributed by atoms with Gasteiger partial charge in [-0.15, -0.1) is 0 Å². The first kappa shape index (κ1) is 14.2. The van der Waals surface area contributed by atoms with Gasteiger partial charge < -0.3 is 14.4 Å². The normalized spacial score (nSPS) is 21.0. The molecule has 1 fully saturated rings. The molecule has 0 aliphatic carbocycles. The van der Waals surface area contributed by atoms with Crippen molar-refractivity contribution in [3.8, 4) is 5.75 Å². The summed E-state index contributed by atoms with van der Waals surface area (Å²) >= 11 is 6.01. The molecule has 0 aromatic heterocycles. The van der Waals surface area contributed by atoms with Gasteiger partial charge in [0.2, 0.25) is 0 Å². The van der Waals surface area contributed by atoms with Crippen LogP contribution in [0.1, 0.15) is 13.8 Å². The van der Waals surface area contributed by atoms with E-state index in [0.717, 1.165) is 0 Å². The molecule has 4 nitrogen and oxygen atoms in total. The maximum atomic E-state index is 12.3. The van der Waals surface area contributed by atoms with Crippen molar-refractivity contribution in [3.05, 3.63) is 29.3 Å². The third-order valence-corrected chi connectivity index (χ3v) is 3.35. The van der Waals surface area contributed by atoms with E-state index < -0.39 is 6.10 Å². The van der Waals surface area contributed by atoms with Gasteiger partial charge in [-0.1, -0.05) is 23.7 Å². The molecule has 0 N–H and O–H groups in total. The van der Waals surface area contributed by atoms with Gasteiger partial charge in [-0.2, -0.15) is 0 Å². The monoisotopic (exact) mass is 283 g/mol. The van der Waals surface area contributed by atoms with Crippen LogP contribution in [0.25, 0.3) is 0 Å². The third kappa shape index (κ3) is 3.61. The van der Waals surface area contributed by atoms with Crippen molar-refractivity contribution >= 4 is 17.5 Å². The first-order chi connectivity index (χ1) is 9.08. The van der Waals surface area contributed by atoms with Gasteiger partial charge >= 0.3 is 0 Å². The Balaban J connectivity index is 1.97. The minimum Gasteiger partial charge on any atom is -0.479 e. The Bertz CT molecular complexity index is 452. The second-order valence-corrected chi connectivity index (χ2v) is 5.06. The van der Waals surface area contributed by atoms with Gasteiger partial charge in [0.15, 0.2) is 6.10 Å². The highest BCUT2D eigenvalue weighted by Crippen LogP contribution is 2.24. The molecule has 0 spiro atoms. The molecule has 1 saturated heterocycles. The Morgan fingerprint density at radius 2 is 2.26 bits per heavy atom. The van der Waals surface area contributed by atoms with E-state index in [4.69, 9.17) is 21.1 Å². The summed E-state index contributed by atoms with van der Waals surface area (Å²) in [7, 11) is 0. The minimum absolute atomic E-state index is 0.0323. The number of morpholine rings is 1. The predicted octanol–water partition coefficient (Wildman–Crippen LogP) is 2.35. The highest BCUT2D eigenvalue weighted by atomic mass is 35.5. The quantitative estimate of drug-likeness (QED) is 0.855. The molecular weight excluding hydrogens is 266 g/mol. The van der Waals surface area contributed by atoms with Gasteiger partial charge in [0.1, 0.15) is 5.75 Å². The molecule has 1 aromatic rings. The van der Waals surface area contributed by atoms with Crippen LogP contribution < -0.4 is 4.74 Å². The van der Waals surface area contributed by atoms with Gasteiger partial charge in [-0.25, -0.2) is 0 Å². The fourth-order valence-electron chi connectivity index (χ4n) is 2.06. The van der Waals surface area contributed by atoms with E-state index in [2.05, 4.69) is 0 Å². The van der Waals surface area contributed by atoms with Crippen molar-refractivity contribution in [2.24, 2.45) is 0 Å². The van der Waals surface area contributed by atoms with E-state index in [0.29, 0.717) is 30.5 Å². The van der Waals surface area contributed by atoms with Crippen LogP contribution in [0.2, 0.25) is 5.02 Å². The molecule has 0 radical (unpaired) electrons. The molecule has 104 valence electrons. The van der Waals surface area contributed by atoms with Crippen molar-refractivity contribution in [2.45, 2.75) is 26.1 Å². The molecule has 1 aliphatic rings. The van der Waals surface area contributed by atoms with Crippen LogP contribution in [0.15, 0.2) is 24.3 Å². The zero-order valence-corrected chi connectivity index (χ0v) is 11.9. The van der Waals surface area contributed by atoms with E-state index in [1.165, 1.54) is 0 Å². The number of carbonyl (C=O) groups is 1. The van der Waals surface area contributed by atoms with Crippen LogP contribution in [-0.4, -0.2) is 42.7 Å². The molecular formula is C14H18ClNO3. The van der Waals surface area contributed by atoms with Crippen molar-refractivity contribution in [2.75, 3.05) is 19.7 Å². The molecule has 2 rings (SSSR count). The smallest absolute Gasteiger partial charge is 0.263 e. The average molecular weight is 284 g/mol. The van der Waals surface area contributed by atoms with Gasteiger partial charge in [-0.3, -0.25) is 4.79 Å². The van der Waals surface area contributed by atoms with Crippen LogP contribution in [0.3, 0.4) is 0 Å². The molecule has 0 bridgehead atoms. The Morgan fingerprint density at radius 1 is 1.53 bits per heavy atom. The Morgan fingerprint density at radius 3 is 2.95 bits per heavy atom.